The summed E-state index contributed by atoms with van der Waals surface area (Å²) in [6.07, 6.45) is 3.88. The minimum Gasteiger partial charge on any atom is -0.476 e. The summed E-state index contributed by atoms with van der Waals surface area (Å²) in [5.74, 6) is 5.68. The molecule has 0 spiro atoms. The third-order valence-corrected chi connectivity index (χ3v) is 3.26. The maximum Gasteiger partial charge on any atom is 0.384 e. The van der Waals surface area contributed by atoms with Gasteiger partial charge in [-0.25, -0.2) is 9.78 Å². The molecule has 0 atom stereocenters. The molecule has 1 aliphatic rings. The summed E-state index contributed by atoms with van der Waals surface area (Å²) in [5.41, 5.74) is 0.611. The lowest BCUT2D eigenvalue weighted by Gasteiger charge is -2.22. The Morgan fingerprint density at radius 2 is 2.29 bits per heavy atom. The first kappa shape index (κ1) is 15.3. The van der Waals surface area contributed by atoms with Gasteiger partial charge in [-0.2, -0.15) is 0 Å². The molecule has 0 unspecified atom stereocenters. The van der Waals surface area contributed by atoms with Crippen molar-refractivity contribution < 1.29 is 14.3 Å². The van der Waals surface area contributed by atoms with Crippen LogP contribution in [0.5, 0.6) is 5.88 Å². The largest absolute Gasteiger partial charge is 0.476 e. The van der Waals surface area contributed by atoms with Gasteiger partial charge in [0.15, 0.2) is 0 Å². The van der Waals surface area contributed by atoms with Crippen molar-refractivity contribution >= 4 is 5.97 Å². The maximum atomic E-state index is 11.3. The van der Waals surface area contributed by atoms with Gasteiger partial charge in [-0.1, -0.05) is 0 Å². The quantitative estimate of drug-likeness (QED) is 0.670. The van der Waals surface area contributed by atoms with Crippen LogP contribution < -0.4 is 10.1 Å². The van der Waals surface area contributed by atoms with E-state index in [4.69, 9.17) is 9.47 Å². The standard InChI is InChI=1S/C16H20N2O3/c1-2-20-15(19)6-5-14-4-3-9-18-16(14)21-12-13-7-10-17-11-8-13/h3-4,9,13,17H,2,7-8,10-12H2,1H3. The molecule has 0 radical (unpaired) electrons. The molecule has 5 heteroatoms. The van der Waals surface area contributed by atoms with Crippen LogP contribution in [0.1, 0.15) is 25.3 Å². The summed E-state index contributed by atoms with van der Waals surface area (Å²) < 4.78 is 10.6. The Bertz CT molecular complexity index is 528. The lowest BCUT2D eigenvalue weighted by Crippen LogP contribution is -2.30. The number of rotatable bonds is 4. The van der Waals surface area contributed by atoms with Gasteiger partial charge >= 0.3 is 5.97 Å². The second-order valence-electron chi connectivity index (χ2n) is 4.83. The van der Waals surface area contributed by atoms with Gasteiger partial charge in [0.25, 0.3) is 0 Å². The number of aromatic nitrogens is 1. The van der Waals surface area contributed by atoms with Crippen molar-refractivity contribution in [2.24, 2.45) is 5.92 Å². The first-order chi connectivity index (χ1) is 10.3. The topological polar surface area (TPSA) is 60.5 Å². The van der Waals surface area contributed by atoms with E-state index in [-0.39, 0.29) is 0 Å². The highest BCUT2D eigenvalue weighted by atomic mass is 16.5. The summed E-state index contributed by atoms with van der Waals surface area (Å²) in [4.78, 5) is 15.5. The van der Waals surface area contributed by atoms with Crippen LogP contribution in [0.3, 0.4) is 0 Å². The minimum atomic E-state index is -0.536. The molecule has 1 saturated heterocycles. The van der Waals surface area contributed by atoms with E-state index in [1.165, 1.54) is 0 Å². The van der Waals surface area contributed by atoms with Crippen LogP contribution in [0.4, 0.5) is 0 Å². The normalized spacial score (nSPS) is 14.9. The number of nitrogens with zero attached hydrogens (tertiary/aromatic N) is 1. The van der Waals surface area contributed by atoms with E-state index in [0.717, 1.165) is 25.9 Å². The number of hydrogen-bond donors (Lipinski definition) is 1. The molecule has 0 bridgehead atoms. The highest BCUT2D eigenvalue weighted by molar-refractivity contribution is 5.89. The molecule has 2 heterocycles. The number of piperidine rings is 1. The van der Waals surface area contributed by atoms with Crippen LogP contribution in [0.2, 0.25) is 0 Å². The third-order valence-electron chi connectivity index (χ3n) is 3.26. The molecule has 1 aromatic heterocycles. The number of carbonyl (C=O) groups excluding carboxylic acids is 1. The highest BCUT2D eigenvalue weighted by Crippen LogP contribution is 2.17. The monoisotopic (exact) mass is 288 g/mol. The smallest absolute Gasteiger partial charge is 0.384 e. The number of pyridine rings is 1. The second-order valence-corrected chi connectivity index (χ2v) is 4.83. The van der Waals surface area contributed by atoms with E-state index in [2.05, 4.69) is 22.1 Å². The van der Waals surface area contributed by atoms with Crippen LogP contribution >= 0.6 is 0 Å². The van der Waals surface area contributed by atoms with E-state index in [1.807, 2.05) is 0 Å². The van der Waals surface area contributed by atoms with E-state index >= 15 is 0 Å². The van der Waals surface area contributed by atoms with Gasteiger partial charge < -0.3 is 14.8 Å². The van der Waals surface area contributed by atoms with Gasteiger partial charge in [0, 0.05) is 12.1 Å². The SMILES string of the molecule is CCOC(=O)C#Cc1cccnc1OCC1CCNCC1. The van der Waals surface area contributed by atoms with Crippen LogP contribution in [0.15, 0.2) is 18.3 Å². The molecule has 21 heavy (non-hydrogen) atoms. The molecule has 5 nitrogen and oxygen atoms in total. The number of ether oxygens (including phenoxy) is 2. The van der Waals surface area contributed by atoms with Crippen LogP contribution in [0.25, 0.3) is 0 Å². The fourth-order valence-corrected chi connectivity index (χ4v) is 2.13. The zero-order valence-corrected chi connectivity index (χ0v) is 12.2. The van der Waals surface area contributed by atoms with Crippen molar-refractivity contribution in [1.29, 1.82) is 0 Å². The molecular weight excluding hydrogens is 268 g/mol. The first-order valence-electron chi connectivity index (χ1n) is 7.27. The number of hydrogen-bond acceptors (Lipinski definition) is 5. The van der Waals surface area contributed by atoms with Crippen molar-refractivity contribution in [2.75, 3.05) is 26.3 Å². The van der Waals surface area contributed by atoms with Crippen LogP contribution in [0, 0.1) is 17.8 Å². The van der Waals surface area contributed by atoms with Crippen molar-refractivity contribution in [3.63, 3.8) is 0 Å². The van der Waals surface area contributed by atoms with Crippen molar-refractivity contribution in [2.45, 2.75) is 19.8 Å². The Morgan fingerprint density at radius 1 is 1.48 bits per heavy atom. The van der Waals surface area contributed by atoms with Gasteiger partial charge in [0.2, 0.25) is 5.88 Å². The van der Waals surface area contributed by atoms with Crippen molar-refractivity contribution in [3.8, 4) is 17.7 Å². The van der Waals surface area contributed by atoms with Gasteiger partial charge in [0.05, 0.1) is 18.8 Å². The molecule has 2 rings (SSSR count). The van der Waals surface area contributed by atoms with Crippen molar-refractivity contribution in [3.05, 3.63) is 23.9 Å². The summed E-state index contributed by atoms with van der Waals surface area (Å²) in [6.45, 7) is 4.77. The Morgan fingerprint density at radius 3 is 3.05 bits per heavy atom. The lowest BCUT2D eigenvalue weighted by atomic mass is 9.99. The highest BCUT2D eigenvalue weighted by Gasteiger charge is 2.14. The van der Waals surface area contributed by atoms with Crippen LogP contribution in [-0.4, -0.2) is 37.3 Å². The minimum absolute atomic E-state index is 0.319. The number of nitrogens with one attached hydrogen (secondary N) is 1. The first-order valence-corrected chi connectivity index (χ1v) is 7.27. The molecule has 1 aromatic rings. The summed E-state index contributed by atoms with van der Waals surface area (Å²) >= 11 is 0. The van der Waals surface area contributed by atoms with E-state index in [1.54, 1.807) is 25.3 Å². The average molecular weight is 288 g/mol. The third kappa shape index (κ3) is 5.09. The molecule has 0 aromatic carbocycles. The van der Waals surface area contributed by atoms with E-state index in [9.17, 15) is 4.79 Å². The zero-order chi connectivity index (χ0) is 14.9. The van der Waals surface area contributed by atoms with E-state index in [0.29, 0.717) is 30.6 Å². The fourth-order valence-electron chi connectivity index (χ4n) is 2.13. The number of carbonyl (C=O) groups is 1. The second kappa shape index (κ2) is 8.28. The molecule has 1 N–H and O–H groups in total. The lowest BCUT2D eigenvalue weighted by molar-refractivity contribution is -0.136. The number of esters is 1. The van der Waals surface area contributed by atoms with Gasteiger partial charge in [-0.05, 0) is 56.8 Å². The summed E-state index contributed by atoms with van der Waals surface area (Å²) in [5, 5.41) is 3.32. The molecule has 112 valence electrons. The van der Waals surface area contributed by atoms with Crippen molar-refractivity contribution in [1.82, 2.24) is 10.3 Å². The predicted molar refractivity (Wildman–Crippen MR) is 78.8 cm³/mol. The van der Waals surface area contributed by atoms with Gasteiger partial charge in [-0.15, -0.1) is 0 Å². The Labute approximate surface area is 125 Å². The Balaban J connectivity index is 1.97. The molecule has 1 aliphatic heterocycles. The zero-order valence-electron chi connectivity index (χ0n) is 12.2. The molecular formula is C16H20N2O3. The molecule has 0 aliphatic carbocycles. The summed E-state index contributed by atoms with van der Waals surface area (Å²) in [6, 6.07) is 3.56. The molecule has 0 amide bonds. The maximum absolute atomic E-state index is 11.3. The van der Waals surface area contributed by atoms with Crippen LogP contribution in [-0.2, 0) is 9.53 Å². The summed E-state index contributed by atoms with van der Waals surface area (Å²) in [7, 11) is 0. The Hall–Kier alpha value is -2.06. The fraction of sp³-hybridized carbons (Fsp3) is 0.500. The molecule has 0 saturated carbocycles. The molecule has 1 fully saturated rings. The van der Waals surface area contributed by atoms with E-state index < -0.39 is 5.97 Å². The average Bonchev–Trinajstić information content (AvgIpc) is 2.53. The van der Waals surface area contributed by atoms with Gasteiger partial charge in [0.1, 0.15) is 0 Å². The predicted octanol–water partition coefficient (Wildman–Crippen LogP) is 1.37. The Kier molecular flexibility index (Phi) is 6.04. The van der Waals surface area contributed by atoms with Gasteiger partial charge in [-0.3, -0.25) is 0 Å².